The number of hydrogen-bond acceptors (Lipinski definition) is 4. The number of benzene rings is 1. The van der Waals surface area contributed by atoms with E-state index in [9.17, 15) is 4.79 Å². The van der Waals surface area contributed by atoms with E-state index >= 15 is 0 Å². The minimum absolute atomic E-state index is 0.354. The van der Waals surface area contributed by atoms with Crippen LogP contribution in [0.15, 0.2) is 52.3 Å². The van der Waals surface area contributed by atoms with E-state index in [4.69, 9.17) is 4.42 Å². The number of carbonyl (C=O) groups excluding carboxylic acids is 1. The van der Waals surface area contributed by atoms with Gasteiger partial charge in [0.05, 0.1) is 17.3 Å². The molecule has 0 saturated carbocycles. The molecule has 6 heteroatoms. The Morgan fingerprint density at radius 3 is 3.10 bits per heavy atom. The lowest BCUT2D eigenvalue weighted by Crippen LogP contribution is -2.24. The zero-order valence-corrected chi connectivity index (χ0v) is 11.1. The number of nitrogens with zero attached hydrogens (tertiary/aromatic N) is 3. The van der Waals surface area contributed by atoms with Gasteiger partial charge in [-0.15, -0.1) is 0 Å². The molecule has 0 fully saturated rings. The van der Waals surface area contributed by atoms with Crippen LogP contribution in [-0.4, -0.2) is 22.0 Å². The molecule has 6 nitrogen and oxygen atoms in total. The maximum absolute atomic E-state index is 12.1. The number of amides is 1. The first kappa shape index (κ1) is 11.9. The van der Waals surface area contributed by atoms with Crippen molar-refractivity contribution in [3.8, 4) is 0 Å². The highest BCUT2D eigenvalue weighted by atomic mass is 16.3. The Morgan fingerprint density at radius 1 is 1.33 bits per heavy atom. The van der Waals surface area contributed by atoms with Gasteiger partial charge in [-0.1, -0.05) is 12.1 Å². The van der Waals surface area contributed by atoms with Crippen molar-refractivity contribution in [1.82, 2.24) is 9.55 Å². The van der Waals surface area contributed by atoms with Crippen molar-refractivity contribution >= 4 is 22.6 Å². The van der Waals surface area contributed by atoms with Gasteiger partial charge < -0.3 is 9.73 Å². The fourth-order valence-corrected chi connectivity index (χ4v) is 2.50. The fraction of sp³-hybridized carbons (Fsp3) is 0.133. The van der Waals surface area contributed by atoms with Crippen molar-refractivity contribution in [2.75, 3.05) is 11.9 Å². The van der Waals surface area contributed by atoms with E-state index in [0.29, 0.717) is 11.2 Å². The summed E-state index contributed by atoms with van der Waals surface area (Å²) in [4.78, 5) is 20.7. The van der Waals surface area contributed by atoms with Crippen molar-refractivity contribution in [1.29, 1.82) is 0 Å². The Morgan fingerprint density at radius 2 is 2.24 bits per heavy atom. The highest BCUT2D eigenvalue weighted by Gasteiger charge is 2.15. The fourth-order valence-electron chi connectivity index (χ4n) is 2.50. The first-order valence-corrected chi connectivity index (χ1v) is 6.67. The van der Waals surface area contributed by atoms with Crippen LogP contribution < -0.4 is 10.9 Å². The van der Waals surface area contributed by atoms with Gasteiger partial charge in [-0.25, -0.2) is 4.98 Å². The average molecular weight is 280 g/mol. The maximum atomic E-state index is 12.1. The Hall–Kier alpha value is -2.89. The Balaban J connectivity index is 1.95. The molecule has 1 amide bonds. The average Bonchev–Trinajstić information content (AvgIpc) is 3.19. The zero-order valence-electron chi connectivity index (χ0n) is 11.1. The van der Waals surface area contributed by atoms with E-state index < -0.39 is 0 Å². The molecule has 104 valence electrons. The van der Waals surface area contributed by atoms with E-state index in [2.05, 4.69) is 15.3 Å². The number of aromatic nitrogens is 2. The summed E-state index contributed by atoms with van der Waals surface area (Å²) in [6.07, 6.45) is 2.84. The third kappa shape index (κ3) is 1.92. The summed E-state index contributed by atoms with van der Waals surface area (Å²) in [5, 5.41) is 4.36. The molecular weight excluding hydrogens is 268 g/mol. The van der Waals surface area contributed by atoms with Gasteiger partial charge in [0.15, 0.2) is 0 Å². The molecule has 1 aromatic carbocycles. The number of nitrogens with one attached hydrogen (secondary N) is 1. The first-order chi connectivity index (χ1) is 10.3. The second-order valence-electron chi connectivity index (χ2n) is 4.78. The second-order valence-corrected chi connectivity index (χ2v) is 4.78. The van der Waals surface area contributed by atoms with Gasteiger partial charge in [0.25, 0.3) is 5.91 Å². The van der Waals surface area contributed by atoms with Gasteiger partial charge >= 0.3 is 0 Å². The number of hydrogen-bond donors (Lipinski definition) is 1. The standard InChI is InChI=1S/C15H12N4O2/c20-14(10-5-8-21-9-10)18-15-17-12-4-2-1-3-11(12)13-16-6-7-19(13)15/h1-5,8-9,16H,6-7H2. The van der Waals surface area contributed by atoms with E-state index in [1.165, 1.54) is 12.5 Å². The molecule has 0 unspecified atom stereocenters. The van der Waals surface area contributed by atoms with Crippen LogP contribution in [0.4, 0.5) is 5.82 Å². The summed E-state index contributed by atoms with van der Waals surface area (Å²) in [5.74, 6) is 0.604. The molecule has 0 saturated heterocycles. The number of furan rings is 1. The second kappa shape index (κ2) is 4.59. The molecule has 1 N–H and O–H groups in total. The summed E-state index contributed by atoms with van der Waals surface area (Å²) in [6, 6.07) is 9.41. The number of fused-ring (bicyclic) bond motifs is 3. The number of carbonyl (C=O) groups is 1. The molecule has 0 atom stereocenters. The molecule has 3 heterocycles. The van der Waals surface area contributed by atoms with Gasteiger partial charge in [0.2, 0.25) is 5.62 Å². The van der Waals surface area contributed by atoms with Gasteiger partial charge in [-0.2, -0.15) is 4.99 Å². The minimum Gasteiger partial charge on any atom is -0.472 e. The number of anilines is 1. The molecule has 21 heavy (non-hydrogen) atoms. The van der Waals surface area contributed by atoms with Crippen LogP contribution in [0.3, 0.4) is 0 Å². The topological polar surface area (TPSA) is 72.4 Å². The predicted molar refractivity (Wildman–Crippen MR) is 76.8 cm³/mol. The highest BCUT2D eigenvalue weighted by Crippen LogP contribution is 2.22. The Labute approximate surface area is 119 Å². The summed E-state index contributed by atoms with van der Waals surface area (Å²) in [6.45, 7) is 1.54. The molecule has 0 spiro atoms. The SMILES string of the molecule is O=C(N=c1nc2ccccc2c2n1CCN2)c1ccoc1. The van der Waals surface area contributed by atoms with Crippen LogP contribution in [0, 0.1) is 0 Å². The van der Waals surface area contributed by atoms with Gasteiger partial charge in [0, 0.05) is 18.5 Å². The predicted octanol–water partition coefficient (Wildman–Crippen LogP) is 1.80. The van der Waals surface area contributed by atoms with Crippen LogP contribution >= 0.6 is 0 Å². The van der Waals surface area contributed by atoms with Gasteiger partial charge in [0.1, 0.15) is 12.1 Å². The van der Waals surface area contributed by atoms with Crippen molar-refractivity contribution in [3.63, 3.8) is 0 Å². The van der Waals surface area contributed by atoms with Crippen LogP contribution in [0.25, 0.3) is 10.9 Å². The summed E-state index contributed by atoms with van der Waals surface area (Å²) in [5.41, 5.74) is 1.65. The number of rotatable bonds is 1. The van der Waals surface area contributed by atoms with E-state index in [1.807, 2.05) is 28.8 Å². The zero-order chi connectivity index (χ0) is 14.2. The summed E-state index contributed by atoms with van der Waals surface area (Å²) < 4.78 is 6.85. The van der Waals surface area contributed by atoms with E-state index in [-0.39, 0.29) is 5.91 Å². The molecule has 1 aliphatic heterocycles. The Kier molecular flexibility index (Phi) is 2.60. The largest absolute Gasteiger partial charge is 0.472 e. The van der Waals surface area contributed by atoms with Gasteiger partial charge in [-0.05, 0) is 18.2 Å². The van der Waals surface area contributed by atoms with Gasteiger partial charge in [-0.3, -0.25) is 9.36 Å². The minimum atomic E-state index is -0.354. The molecular formula is C15H12N4O2. The van der Waals surface area contributed by atoms with Crippen molar-refractivity contribution in [3.05, 3.63) is 54.0 Å². The van der Waals surface area contributed by atoms with E-state index in [0.717, 1.165) is 29.8 Å². The third-order valence-electron chi connectivity index (χ3n) is 3.49. The molecule has 3 aromatic rings. The van der Waals surface area contributed by atoms with Crippen LogP contribution in [0.1, 0.15) is 10.4 Å². The molecule has 4 rings (SSSR count). The monoisotopic (exact) mass is 280 g/mol. The Bertz CT molecular complexity index is 894. The summed E-state index contributed by atoms with van der Waals surface area (Å²) in [7, 11) is 0. The van der Waals surface area contributed by atoms with Crippen LogP contribution in [0.5, 0.6) is 0 Å². The first-order valence-electron chi connectivity index (χ1n) is 6.67. The van der Waals surface area contributed by atoms with Crippen molar-refractivity contribution < 1.29 is 9.21 Å². The molecule has 0 bridgehead atoms. The lowest BCUT2D eigenvalue weighted by molar-refractivity contribution is 0.0996. The lowest BCUT2D eigenvalue weighted by Gasteiger charge is -2.07. The maximum Gasteiger partial charge on any atom is 0.283 e. The molecule has 2 aromatic heterocycles. The van der Waals surface area contributed by atoms with Crippen molar-refractivity contribution in [2.24, 2.45) is 4.99 Å². The summed E-state index contributed by atoms with van der Waals surface area (Å²) >= 11 is 0. The lowest BCUT2D eigenvalue weighted by atomic mass is 10.2. The normalized spacial score (nSPS) is 14.2. The van der Waals surface area contributed by atoms with Crippen molar-refractivity contribution in [2.45, 2.75) is 6.54 Å². The third-order valence-corrected chi connectivity index (χ3v) is 3.49. The quantitative estimate of drug-likeness (QED) is 0.737. The highest BCUT2D eigenvalue weighted by molar-refractivity contribution is 5.94. The van der Waals surface area contributed by atoms with Crippen LogP contribution in [0.2, 0.25) is 0 Å². The number of para-hydroxylation sites is 1. The smallest absolute Gasteiger partial charge is 0.283 e. The molecule has 0 aliphatic carbocycles. The molecule has 0 radical (unpaired) electrons. The molecule has 1 aliphatic rings. The van der Waals surface area contributed by atoms with E-state index in [1.54, 1.807) is 6.07 Å². The van der Waals surface area contributed by atoms with Crippen LogP contribution in [-0.2, 0) is 6.54 Å².